The predicted octanol–water partition coefficient (Wildman–Crippen LogP) is -0.0766. The minimum absolute atomic E-state index is 0.0570. The number of aromatic nitrogens is 2. The number of hydrogen-bond donors (Lipinski definition) is 0. The van der Waals surface area contributed by atoms with Crippen LogP contribution in [0.2, 0.25) is 0 Å². The first kappa shape index (κ1) is 18.3. The highest BCUT2D eigenvalue weighted by molar-refractivity contribution is 7.91. The van der Waals surface area contributed by atoms with E-state index in [9.17, 15) is 13.2 Å². The molecule has 0 saturated carbocycles. The lowest BCUT2D eigenvalue weighted by molar-refractivity contribution is -0.136. The Morgan fingerprint density at radius 3 is 2.84 bits per heavy atom. The zero-order chi connectivity index (χ0) is 17.9. The first-order valence-electron chi connectivity index (χ1n) is 8.79. The number of sulfone groups is 1. The van der Waals surface area contributed by atoms with E-state index in [1.165, 1.54) is 0 Å². The van der Waals surface area contributed by atoms with Gasteiger partial charge in [0.15, 0.2) is 9.84 Å². The predicted molar refractivity (Wildman–Crippen MR) is 92.9 cm³/mol. The van der Waals surface area contributed by atoms with E-state index in [0.717, 1.165) is 5.69 Å². The second-order valence-corrected chi connectivity index (χ2v) is 9.06. The van der Waals surface area contributed by atoms with Crippen molar-refractivity contribution in [2.45, 2.75) is 25.9 Å². The molecule has 140 valence electrons. The second kappa shape index (κ2) is 7.84. The molecule has 0 aliphatic carbocycles. The van der Waals surface area contributed by atoms with Gasteiger partial charge < -0.3 is 9.64 Å². The van der Waals surface area contributed by atoms with Crippen LogP contribution in [0.15, 0.2) is 12.3 Å². The zero-order valence-electron chi connectivity index (χ0n) is 14.6. The fourth-order valence-corrected chi connectivity index (χ4v) is 4.17. The Kier molecular flexibility index (Phi) is 5.75. The fourth-order valence-electron chi connectivity index (χ4n) is 3.34. The van der Waals surface area contributed by atoms with Crippen LogP contribution in [0, 0.1) is 0 Å². The van der Waals surface area contributed by atoms with E-state index in [1.54, 1.807) is 13.1 Å². The van der Waals surface area contributed by atoms with Crippen LogP contribution in [-0.4, -0.2) is 84.8 Å². The summed E-state index contributed by atoms with van der Waals surface area (Å²) in [5, 5.41) is 4.37. The molecule has 0 aromatic carbocycles. The van der Waals surface area contributed by atoms with Crippen molar-refractivity contribution in [3.05, 3.63) is 18.0 Å². The largest absolute Gasteiger partial charge is 0.378 e. The maximum atomic E-state index is 12.6. The number of hydrogen-bond acceptors (Lipinski definition) is 6. The Morgan fingerprint density at radius 2 is 2.12 bits per heavy atom. The van der Waals surface area contributed by atoms with E-state index in [-0.39, 0.29) is 23.5 Å². The van der Waals surface area contributed by atoms with Gasteiger partial charge in [0.1, 0.15) is 0 Å². The third-order valence-electron chi connectivity index (χ3n) is 4.89. The number of nitrogens with zero attached hydrogens (tertiary/aromatic N) is 4. The van der Waals surface area contributed by atoms with E-state index in [0.29, 0.717) is 52.4 Å². The summed E-state index contributed by atoms with van der Waals surface area (Å²) >= 11 is 0. The molecule has 1 aromatic rings. The van der Waals surface area contributed by atoms with Gasteiger partial charge in [-0.1, -0.05) is 6.92 Å². The van der Waals surface area contributed by atoms with Crippen molar-refractivity contribution < 1.29 is 17.9 Å². The molecule has 1 saturated heterocycles. The van der Waals surface area contributed by atoms with Crippen LogP contribution < -0.4 is 0 Å². The summed E-state index contributed by atoms with van der Waals surface area (Å²) < 4.78 is 30.8. The zero-order valence-corrected chi connectivity index (χ0v) is 15.4. The molecule has 2 aliphatic heterocycles. The Balaban J connectivity index is 1.65. The smallest absolute Gasteiger partial charge is 0.224 e. The van der Waals surface area contributed by atoms with Gasteiger partial charge in [0.2, 0.25) is 5.91 Å². The SMILES string of the molecule is CCS(=O)(=O)CCN1Cc2ccnn2C(CC(=O)N2CCOCC2)C1. The number of ether oxygens (including phenoxy) is 1. The molecule has 1 amide bonds. The van der Waals surface area contributed by atoms with Gasteiger partial charge in [-0.15, -0.1) is 0 Å². The van der Waals surface area contributed by atoms with Crippen LogP contribution in [0.4, 0.5) is 0 Å². The normalized spacial score (nSPS) is 22.0. The molecule has 1 unspecified atom stereocenters. The average molecular weight is 370 g/mol. The summed E-state index contributed by atoms with van der Waals surface area (Å²) in [5.74, 6) is 0.428. The molecule has 25 heavy (non-hydrogen) atoms. The van der Waals surface area contributed by atoms with Gasteiger partial charge in [-0.3, -0.25) is 14.4 Å². The van der Waals surface area contributed by atoms with Crippen LogP contribution in [0.5, 0.6) is 0 Å². The van der Waals surface area contributed by atoms with Crippen molar-refractivity contribution in [1.82, 2.24) is 19.6 Å². The van der Waals surface area contributed by atoms with Crippen molar-refractivity contribution in [3.63, 3.8) is 0 Å². The van der Waals surface area contributed by atoms with Crippen LogP contribution in [0.3, 0.4) is 0 Å². The van der Waals surface area contributed by atoms with Crippen LogP contribution in [-0.2, 0) is 25.9 Å². The van der Waals surface area contributed by atoms with Gasteiger partial charge in [-0.05, 0) is 6.07 Å². The number of carbonyl (C=O) groups is 1. The topological polar surface area (TPSA) is 84.7 Å². The van der Waals surface area contributed by atoms with Crippen LogP contribution in [0.1, 0.15) is 25.1 Å². The molecule has 1 fully saturated rings. The number of fused-ring (bicyclic) bond motifs is 1. The molecule has 0 N–H and O–H groups in total. The minimum atomic E-state index is -2.99. The highest BCUT2D eigenvalue weighted by Gasteiger charge is 2.29. The Morgan fingerprint density at radius 1 is 1.36 bits per heavy atom. The summed E-state index contributed by atoms with van der Waals surface area (Å²) in [7, 11) is -2.99. The first-order valence-corrected chi connectivity index (χ1v) is 10.6. The third-order valence-corrected chi connectivity index (χ3v) is 6.57. The third kappa shape index (κ3) is 4.59. The molecular weight excluding hydrogens is 344 g/mol. The van der Waals surface area contributed by atoms with Gasteiger partial charge >= 0.3 is 0 Å². The van der Waals surface area contributed by atoms with Gasteiger partial charge in [0.05, 0.1) is 37.1 Å². The molecule has 3 heterocycles. The second-order valence-electron chi connectivity index (χ2n) is 6.59. The first-order chi connectivity index (χ1) is 12.0. The molecule has 2 aliphatic rings. The molecule has 8 nitrogen and oxygen atoms in total. The maximum absolute atomic E-state index is 12.6. The van der Waals surface area contributed by atoms with E-state index < -0.39 is 9.84 Å². The standard InChI is InChI=1S/C16H26N4O4S/c1-2-25(22,23)10-7-18-12-14-3-4-17-20(14)15(13-18)11-16(21)19-5-8-24-9-6-19/h3-4,15H,2,5-13H2,1H3. The number of amides is 1. The van der Waals surface area contributed by atoms with Crippen LogP contribution >= 0.6 is 0 Å². The van der Waals surface area contributed by atoms with Gasteiger partial charge in [-0.2, -0.15) is 5.10 Å². The molecule has 1 aromatic heterocycles. The van der Waals surface area contributed by atoms with Crippen molar-refractivity contribution in [1.29, 1.82) is 0 Å². The number of rotatable bonds is 6. The lowest BCUT2D eigenvalue weighted by atomic mass is 10.1. The monoisotopic (exact) mass is 370 g/mol. The van der Waals surface area contributed by atoms with Gasteiger partial charge in [-0.25, -0.2) is 8.42 Å². The highest BCUT2D eigenvalue weighted by atomic mass is 32.2. The molecule has 1 atom stereocenters. The Bertz CT molecular complexity index is 697. The number of morpholine rings is 1. The summed E-state index contributed by atoms with van der Waals surface area (Å²) in [4.78, 5) is 16.5. The van der Waals surface area contributed by atoms with Crippen molar-refractivity contribution in [2.24, 2.45) is 0 Å². The molecular formula is C16H26N4O4S. The number of carbonyl (C=O) groups excluding carboxylic acids is 1. The maximum Gasteiger partial charge on any atom is 0.224 e. The molecule has 0 bridgehead atoms. The summed E-state index contributed by atoms with van der Waals surface area (Å²) in [5.41, 5.74) is 1.03. The molecule has 9 heteroatoms. The van der Waals surface area contributed by atoms with Crippen molar-refractivity contribution in [3.8, 4) is 0 Å². The quantitative estimate of drug-likeness (QED) is 0.697. The van der Waals surface area contributed by atoms with Crippen LogP contribution in [0.25, 0.3) is 0 Å². The van der Waals surface area contributed by atoms with E-state index in [1.807, 2.05) is 15.6 Å². The van der Waals surface area contributed by atoms with E-state index in [2.05, 4.69) is 10.00 Å². The lowest BCUT2D eigenvalue weighted by Crippen LogP contribution is -2.45. The minimum Gasteiger partial charge on any atom is -0.378 e. The van der Waals surface area contributed by atoms with Crippen molar-refractivity contribution >= 4 is 15.7 Å². The highest BCUT2D eigenvalue weighted by Crippen LogP contribution is 2.24. The summed E-state index contributed by atoms with van der Waals surface area (Å²) in [6, 6.07) is 1.88. The Labute approximate surface area is 148 Å². The fraction of sp³-hybridized carbons (Fsp3) is 0.750. The van der Waals surface area contributed by atoms with E-state index >= 15 is 0 Å². The Hall–Kier alpha value is -1.45. The van der Waals surface area contributed by atoms with Gasteiger partial charge in [0, 0.05) is 44.7 Å². The average Bonchev–Trinajstić information content (AvgIpc) is 3.10. The van der Waals surface area contributed by atoms with E-state index in [4.69, 9.17) is 4.74 Å². The molecule has 0 radical (unpaired) electrons. The summed E-state index contributed by atoms with van der Waals surface area (Å²) in [6.45, 7) is 5.92. The van der Waals surface area contributed by atoms with Crippen molar-refractivity contribution in [2.75, 3.05) is 50.9 Å². The molecule has 3 rings (SSSR count). The molecule has 0 spiro atoms. The summed E-state index contributed by atoms with van der Waals surface area (Å²) in [6.07, 6.45) is 2.12. The lowest BCUT2D eigenvalue weighted by Gasteiger charge is -2.35. The van der Waals surface area contributed by atoms with Gasteiger partial charge in [0.25, 0.3) is 0 Å².